The lowest BCUT2D eigenvalue weighted by Gasteiger charge is -2.16. The number of hydrogen-bond acceptors (Lipinski definition) is 4. The summed E-state index contributed by atoms with van der Waals surface area (Å²) in [6.07, 6.45) is 1.03. The molecule has 1 unspecified atom stereocenters. The number of nitrogens with zero attached hydrogens (tertiary/aromatic N) is 2. The number of rotatable bonds is 4. The van der Waals surface area contributed by atoms with Crippen molar-refractivity contribution in [3.63, 3.8) is 0 Å². The summed E-state index contributed by atoms with van der Waals surface area (Å²) in [6, 6.07) is 8.92. The molecular formula is C12H15N3S. The first-order chi connectivity index (χ1) is 7.79. The molecule has 0 spiro atoms. The number of hydrogen-bond donors (Lipinski definition) is 1. The number of benzene rings is 1. The van der Waals surface area contributed by atoms with Gasteiger partial charge in [-0.05, 0) is 18.9 Å². The van der Waals surface area contributed by atoms with Crippen LogP contribution in [0.25, 0.3) is 0 Å². The van der Waals surface area contributed by atoms with Gasteiger partial charge in [0.25, 0.3) is 0 Å². The van der Waals surface area contributed by atoms with Crippen molar-refractivity contribution in [3.05, 3.63) is 40.9 Å². The minimum Gasteiger partial charge on any atom is -0.353 e. The van der Waals surface area contributed by atoms with E-state index in [1.54, 1.807) is 5.51 Å². The summed E-state index contributed by atoms with van der Waals surface area (Å²) in [6.45, 7) is 4.27. The lowest BCUT2D eigenvalue weighted by molar-refractivity contribution is 0.745. The van der Waals surface area contributed by atoms with Crippen molar-refractivity contribution >= 4 is 16.5 Å². The Labute approximate surface area is 99.5 Å². The molecular weight excluding hydrogens is 218 g/mol. The molecule has 0 radical (unpaired) electrons. The van der Waals surface area contributed by atoms with Gasteiger partial charge < -0.3 is 5.32 Å². The third-order valence-corrected chi connectivity index (χ3v) is 3.17. The quantitative estimate of drug-likeness (QED) is 0.879. The predicted molar refractivity (Wildman–Crippen MR) is 67.7 cm³/mol. The van der Waals surface area contributed by atoms with E-state index < -0.39 is 0 Å². The predicted octanol–water partition coefficient (Wildman–Crippen LogP) is 3.41. The summed E-state index contributed by atoms with van der Waals surface area (Å²) in [4.78, 5) is 0. The van der Waals surface area contributed by atoms with E-state index in [9.17, 15) is 0 Å². The van der Waals surface area contributed by atoms with Gasteiger partial charge in [-0.25, -0.2) is 0 Å². The van der Waals surface area contributed by atoms with Crippen LogP contribution in [0.1, 0.15) is 30.5 Å². The standard InChI is InChI=1S/C12H15N3S/c1-3-11(14-12-15-13-8-16-12)10-6-4-9(2)5-7-10/h4-8,11H,3H2,1-2H3,(H,14,15). The zero-order valence-electron chi connectivity index (χ0n) is 9.47. The maximum Gasteiger partial charge on any atom is 0.205 e. The Balaban J connectivity index is 2.13. The molecule has 2 rings (SSSR count). The minimum atomic E-state index is 0.313. The van der Waals surface area contributed by atoms with Crippen molar-refractivity contribution in [1.82, 2.24) is 10.2 Å². The van der Waals surface area contributed by atoms with E-state index in [2.05, 4.69) is 53.6 Å². The summed E-state index contributed by atoms with van der Waals surface area (Å²) in [7, 11) is 0. The Morgan fingerprint density at radius 3 is 2.62 bits per heavy atom. The zero-order valence-corrected chi connectivity index (χ0v) is 10.3. The van der Waals surface area contributed by atoms with Gasteiger partial charge in [0.2, 0.25) is 5.13 Å². The first kappa shape index (κ1) is 11.1. The van der Waals surface area contributed by atoms with Crippen LogP contribution in [-0.2, 0) is 0 Å². The average Bonchev–Trinajstić information content (AvgIpc) is 2.80. The molecule has 0 bridgehead atoms. The number of anilines is 1. The molecule has 0 amide bonds. The summed E-state index contributed by atoms with van der Waals surface area (Å²) in [5, 5.41) is 12.1. The van der Waals surface area contributed by atoms with Crippen LogP contribution >= 0.6 is 11.3 Å². The normalized spacial score (nSPS) is 12.4. The van der Waals surface area contributed by atoms with E-state index >= 15 is 0 Å². The van der Waals surface area contributed by atoms with E-state index in [4.69, 9.17) is 0 Å². The van der Waals surface area contributed by atoms with Crippen LogP contribution in [0.2, 0.25) is 0 Å². The Hall–Kier alpha value is -1.42. The highest BCUT2D eigenvalue weighted by atomic mass is 32.1. The van der Waals surface area contributed by atoms with Gasteiger partial charge in [-0.15, -0.1) is 10.2 Å². The van der Waals surface area contributed by atoms with Crippen LogP contribution in [0.5, 0.6) is 0 Å². The molecule has 16 heavy (non-hydrogen) atoms. The molecule has 0 aliphatic carbocycles. The molecule has 1 aromatic heterocycles. The molecule has 4 heteroatoms. The van der Waals surface area contributed by atoms with Crippen molar-refractivity contribution in [2.24, 2.45) is 0 Å². The molecule has 3 nitrogen and oxygen atoms in total. The molecule has 1 aromatic carbocycles. The molecule has 0 fully saturated rings. The maximum atomic E-state index is 4.00. The number of aryl methyl sites for hydroxylation is 1. The van der Waals surface area contributed by atoms with Gasteiger partial charge in [-0.1, -0.05) is 48.1 Å². The van der Waals surface area contributed by atoms with Crippen molar-refractivity contribution in [2.45, 2.75) is 26.3 Å². The highest BCUT2D eigenvalue weighted by Crippen LogP contribution is 2.23. The molecule has 84 valence electrons. The summed E-state index contributed by atoms with van der Waals surface area (Å²) in [5.74, 6) is 0. The monoisotopic (exact) mass is 233 g/mol. The molecule has 1 atom stereocenters. The molecule has 1 N–H and O–H groups in total. The van der Waals surface area contributed by atoms with Crippen molar-refractivity contribution in [3.8, 4) is 0 Å². The van der Waals surface area contributed by atoms with Crippen LogP contribution in [0.4, 0.5) is 5.13 Å². The fourth-order valence-corrected chi connectivity index (χ4v) is 2.10. The third kappa shape index (κ3) is 2.58. The highest BCUT2D eigenvalue weighted by molar-refractivity contribution is 7.13. The Morgan fingerprint density at radius 2 is 2.06 bits per heavy atom. The molecule has 1 heterocycles. The lowest BCUT2D eigenvalue weighted by atomic mass is 10.0. The van der Waals surface area contributed by atoms with Crippen LogP contribution in [0.3, 0.4) is 0 Å². The average molecular weight is 233 g/mol. The van der Waals surface area contributed by atoms with Gasteiger partial charge in [0, 0.05) is 0 Å². The molecule has 0 saturated carbocycles. The topological polar surface area (TPSA) is 37.8 Å². The first-order valence-corrected chi connectivity index (χ1v) is 6.27. The largest absolute Gasteiger partial charge is 0.353 e. The van der Waals surface area contributed by atoms with Gasteiger partial charge in [0.15, 0.2) is 0 Å². The zero-order chi connectivity index (χ0) is 11.4. The summed E-state index contributed by atoms with van der Waals surface area (Å²) < 4.78 is 0. The highest BCUT2D eigenvalue weighted by Gasteiger charge is 2.09. The summed E-state index contributed by atoms with van der Waals surface area (Å²) >= 11 is 1.53. The van der Waals surface area contributed by atoms with Crippen LogP contribution in [0, 0.1) is 6.92 Å². The van der Waals surface area contributed by atoms with Crippen LogP contribution in [0.15, 0.2) is 29.8 Å². The van der Waals surface area contributed by atoms with Gasteiger partial charge >= 0.3 is 0 Å². The van der Waals surface area contributed by atoms with Crippen molar-refractivity contribution in [2.75, 3.05) is 5.32 Å². The number of aromatic nitrogens is 2. The SMILES string of the molecule is CCC(Nc1nncs1)c1ccc(C)cc1. The Morgan fingerprint density at radius 1 is 1.31 bits per heavy atom. The summed E-state index contributed by atoms with van der Waals surface area (Å²) in [5.41, 5.74) is 4.32. The first-order valence-electron chi connectivity index (χ1n) is 5.39. The lowest BCUT2D eigenvalue weighted by Crippen LogP contribution is -2.09. The molecule has 0 aliphatic rings. The molecule has 0 saturated heterocycles. The van der Waals surface area contributed by atoms with Crippen molar-refractivity contribution in [1.29, 1.82) is 0 Å². The van der Waals surface area contributed by atoms with Gasteiger partial charge in [0.1, 0.15) is 5.51 Å². The second kappa shape index (κ2) is 5.07. The van der Waals surface area contributed by atoms with Crippen molar-refractivity contribution < 1.29 is 0 Å². The van der Waals surface area contributed by atoms with Gasteiger partial charge in [-0.2, -0.15) is 0 Å². The minimum absolute atomic E-state index is 0.313. The van der Waals surface area contributed by atoms with E-state index in [0.717, 1.165) is 11.6 Å². The van der Waals surface area contributed by atoms with E-state index in [1.807, 2.05) is 0 Å². The maximum absolute atomic E-state index is 4.00. The second-order valence-corrected chi connectivity index (χ2v) is 4.59. The molecule has 0 aliphatic heterocycles. The smallest absolute Gasteiger partial charge is 0.205 e. The number of nitrogens with one attached hydrogen (secondary N) is 1. The van der Waals surface area contributed by atoms with Gasteiger partial charge in [-0.3, -0.25) is 0 Å². The molecule has 2 aromatic rings. The second-order valence-electron chi connectivity index (χ2n) is 3.76. The van der Waals surface area contributed by atoms with Gasteiger partial charge in [0.05, 0.1) is 6.04 Å². The fourth-order valence-electron chi connectivity index (χ4n) is 1.60. The Kier molecular flexibility index (Phi) is 3.51. The fraction of sp³-hybridized carbons (Fsp3) is 0.333. The third-order valence-electron chi connectivity index (χ3n) is 2.55. The van der Waals surface area contributed by atoms with E-state index in [-0.39, 0.29) is 0 Å². The van der Waals surface area contributed by atoms with Crippen LogP contribution in [-0.4, -0.2) is 10.2 Å². The van der Waals surface area contributed by atoms with Crippen LogP contribution < -0.4 is 5.32 Å². The Bertz CT molecular complexity index is 422. The van der Waals surface area contributed by atoms with E-state index in [0.29, 0.717) is 6.04 Å². The van der Waals surface area contributed by atoms with E-state index in [1.165, 1.54) is 22.5 Å².